The minimum Gasteiger partial charge on any atom is -0.258 e. The van der Waals surface area contributed by atoms with Crippen LogP contribution in [-0.2, 0) is 5.41 Å². The van der Waals surface area contributed by atoms with E-state index in [0.717, 1.165) is 6.42 Å². The molecule has 82 valence electrons. The van der Waals surface area contributed by atoms with Crippen molar-refractivity contribution in [3.05, 3.63) is 38.9 Å². The lowest BCUT2D eigenvalue weighted by atomic mass is 9.65. The Labute approximate surface area is 97.6 Å². The second kappa shape index (κ2) is 3.76. The first kappa shape index (κ1) is 10.9. The molecule has 0 aromatic heterocycles. The third kappa shape index (κ3) is 1.44. The van der Waals surface area contributed by atoms with Crippen molar-refractivity contribution in [3.8, 4) is 6.07 Å². The van der Waals surface area contributed by atoms with E-state index in [9.17, 15) is 15.4 Å². The van der Waals surface area contributed by atoms with Crippen LogP contribution < -0.4 is 0 Å². The second-order valence-electron chi connectivity index (χ2n) is 3.94. The molecule has 1 saturated carbocycles. The molecular weight excluding hydrogens is 228 g/mol. The van der Waals surface area contributed by atoms with E-state index in [1.54, 1.807) is 6.07 Å². The molecule has 1 aliphatic carbocycles. The summed E-state index contributed by atoms with van der Waals surface area (Å²) in [5.74, 6) is 0. The first-order valence-corrected chi connectivity index (χ1v) is 5.33. The Morgan fingerprint density at radius 2 is 2.19 bits per heavy atom. The van der Waals surface area contributed by atoms with E-state index >= 15 is 0 Å². The van der Waals surface area contributed by atoms with Crippen molar-refractivity contribution < 1.29 is 4.92 Å². The molecule has 0 radical (unpaired) electrons. The molecule has 1 aromatic rings. The predicted octanol–water partition coefficient (Wildman–Crippen LogP) is 3.19. The fraction of sp³-hybridized carbons (Fsp3) is 0.364. The first-order valence-electron chi connectivity index (χ1n) is 4.95. The van der Waals surface area contributed by atoms with Crippen molar-refractivity contribution in [3.63, 3.8) is 0 Å². The highest BCUT2D eigenvalue weighted by Gasteiger charge is 2.44. The van der Waals surface area contributed by atoms with E-state index in [0.29, 0.717) is 23.4 Å². The van der Waals surface area contributed by atoms with E-state index in [1.165, 1.54) is 12.1 Å². The van der Waals surface area contributed by atoms with Crippen LogP contribution in [0.25, 0.3) is 0 Å². The van der Waals surface area contributed by atoms with E-state index < -0.39 is 10.3 Å². The van der Waals surface area contributed by atoms with Gasteiger partial charge >= 0.3 is 0 Å². The molecule has 0 N–H and O–H groups in total. The summed E-state index contributed by atoms with van der Waals surface area (Å²) in [4.78, 5) is 10.4. The van der Waals surface area contributed by atoms with Crippen LogP contribution in [0.3, 0.4) is 0 Å². The second-order valence-corrected chi connectivity index (χ2v) is 4.35. The van der Waals surface area contributed by atoms with Gasteiger partial charge in [0, 0.05) is 6.07 Å². The summed E-state index contributed by atoms with van der Waals surface area (Å²) in [6.07, 6.45) is 2.21. The topological polar surface area (TPSA) is 66.9 Å². The number of rotatable bonds is 2. The number of halogens is 1. The fourth-order valence-corrected chi connectivity index (χ4v) is 2.44. The summed E-state index contributed by atoms with van der Waals surface area (Å²) in [6, 6.07) is 6.71. The average Bonchev–Trinajstić information content (AvgIpc) is 2.19. The average molecular weight is 237 g/mol. The monoisotopic (exact) mass is 236 g/mol. The highest BCUT2D eigenvalue weighted by Crippen LogP contribution is 2.49. The van der Waals surface area contributed by atoms with Crippen LogP contribution in [0, 0.1) is 21.4 Å². The Bertz CT molecular complexity index is 489. The van der Waals surface area contributed by atoms with Gasteiger partial charge in [-0.05, 0) is 25.3 Å². The standard InChI is InChI=1S/C11H9ClN2O2/c12-8-3-1-4-9(14(15)16)10(8)11(7-13)5-2-6-11/h1,3-4H,2,5-6H2. The molecule has 0 aliphatic heterocycles. The Morgan fingerprint density at radius 1 is 1.50 bits per heavy atom. The molecular formula is C11H9ClN2O2. The zero-order valence-corrected chi connectivity index (χ0v) is 9.20. The minimum atomic E-state index is -0.749. The number of hydrogen-bond acceptors (Lipinski definition) is 3. The van der Waals surface area contributed by atoms with Crippen molar-refractivity contribution in [1.82, 2.24) is 0 Å². The molecule has 0 bridgehead atoms. The molecule has 5 heteroatoms. The third-order valence-electron chi connectivity index (χ3n) is 3.09. The summed E-state index contributed by atoms with van der Waals surface area (Å²) >= 11 is 5.99. The van der Waals surface area contributed by atoms with Crippen molar-refractivity contribution in [2.45, 2.75) is 24.7 Å². The van der Waals surface area contributed by atoms with Gasteiger partial charge in [0.1, 0.15) is 0 Å². The van der Waals surface area contributed by atoms with Gasteiger partial charge < -0.3 is 0 Å². The van der Waals surface area contributed by atoms with Crippen molar-refractivity contribution >= 4 is 17.3 Å². The van der Waals surface area contributed by atoms with E-state index in [1.807, 2.05) is 0 Å². The summed E-state index contributed by atoms with van der Waals surface area (Å²) in [5, 5.41) is 20.4. The zero-order chi connectivity index (χ0) is 11.8. The highest BCUT2D eigenvalue weighted by atomic mass is 35.5. The maximum absolute atomic E-state index is 10.9. The van der Waals surface area contributed by atoms with Gasteiger partial charge in [0.05, 0.1) is 27.0 Å². The summed E-state index contributed by atoms with van der Waals surface area (Å²) in [5.41, 5.74) is -0.412. The van der Waals surface area contributed by atoms with E-state index in [2.05, 4.69) is 6.07 Å². The van der Waals surface area contributed by atoms with Crippen LogP contribution in [0.4, 0.5) is 5.69 Å². The highest BCUT2D eigenvalue weighted by molar-refractivity contribution is 6.31. The maximum Gasteiger partial charge on any atom is 0.275 e. The van der Waals surface area contributed by atoms with Gasteiger partial charge in [0.15, 0.2) is 0 Å². The normalized spacial score (nSPS) is 17.2. The molecule has 0 amide bonds. The Morgan fingerprint density at radius 3 is 2.62 bits per heavy atom. The lowest BCUT2D eigenvalue weighted by Crippen LogP contribution is -2.33. The number of nitro benzene ring substituents is 1. The number of hydrogen-bond donors (Lipinski definition) is 0. The zero-order valence-electron chi connectivity index (χ0n) is 8.44. The lowest BCUT2D eigenvalue weighted by molar-refractivity contribution is -0.386. The smallest absolute Gasteiger partial charge is 0.258 e. The van der Waals surface area contributed by atoms with Crippen LogP contribution in [0.2, 0.25) is 5.02 Å². The van der Waals surface area contributed by atoms with Gasteiger partial charge in [-0.1, -0.05) is 17.7 Å². The molecule has 16 heavy (non-hydrogen) atoms. The van der Waals surface area contributed by atoms with Crippen LogP contribution in [0.1, 0.15) is 24.8 Å². The largest absolute Gasteiger partial charge is 0.275 e. The Hall–Kier alpha value is -1.60. The van der Waals surface area contributed by atoms with Crippen LogP contribution in [0.5, 0.6) is 0 Å². The van der Waals surface area contributed by atoms with Gasteiger partial charge in [-0.2, -0.15) is 5.26 Å². The molecule has 1 aromatic carbocycles. The minimum absolute atomic E-state index is 0.0475. The SMILES string of the molecule is N#CC1(c2c(Cl)cccc2[N+](=O)[O-])CCC1. The van der Waals surface area contributed by atoms with Crippen LogP contribution >= 0.6 is 11.6 Å². The Balaban J connectivity index is 2.63. The van der Waals surface area contributed by atoms with Crippen molar-refractivity contribution in [2.24, 2.45) is 0 Å². The molecule has 0 saturated heterocycles. The molecule has 1 fully saturated rings. The summed E-state index contributed by atoms with van der Waals surface area (Å²) < 4.78 is 0. The van der Waals surface area contributed by atoms with Gasteiger partial charge in [0.2, 0.25) is 0 Å². The van der Waals surface area contributed by atoms with Gasteiger partial charge in [-0.25, -0.2) is 0 Å². The molecule has 1 aliphatic rings. The summed E-state index contributed by atoms with van der Waals surface area (Å²) in [7, 11) is 0. The molecule has 0 spiro atoms. The molecule has 4 nitrogen and oxygen atoms in total. The quantitative estimate of drug-likeness (QED) is 0.585. The van der Waals surface area contributed by atoms with E-state index in [4.69, 9.17) is 11.6 Å². The first-order chi connectivity index (χ1) is 7.60. The molecule has 0 atom stereocenters. The van der Waals surface area contributed by atoms with Gasteiger partial charge in [-0.3, -0.25) is 10.1 Å². The van der Waals surface area contributed by atoms with Crippen molar-refractivity contribution in [1.29, 1.82) is 5.26 Å². The summed E-state index contributed by atoms with van der Waals surface area (Å²) in [6.45, 7) is 0. The van der Waals surface area contributed by atoms with Gasteiger partial charge in [0.25, 0.3) is 5.69 Å². The fourth-order valence-electron chi connectivity index (χ4n) is 2.09. The van der Waals surface area contributed by atoms with E-state index in [-0.39, 0.29) is 5.69 Å². The number of nitro groups is 1. The van der Waals surface area contributed by atoms with Crippen LogP contribution in [0.15, 0.2) is 18.2 Å². The molecule has 2 rings (SSSR count). The third-order valence-corrected chi connectivity index (χ3v) is 3.40. The number of nitriles is 1. The molecule has 0 heterocycles. The maximum atomic E-state index is 10.9. The molecule has 0 unspecified atom stereocenters. The van der Waals surface area contributed by atoms with Gasteiger partial charge in [-0.15, -0.1) is 0 Å². The lowest BCUT2D eigenvalue weighted by Gasteiger charge is -2.35. The number of nitrogens with zero attached hydrogens (tertiary/aromatic N) is 2. The number of benzene rings is 1. The Kier molecular flexibility index (Phi) is 2.56. The van der Waals surface area contributed by atoms with Crippen molar-refractivity contribution in [2.75, 3.05) is 0 Å². The predicted molar refractivity (Wildman–Crippen MR) is 59.2 cm³/mol. The van der Waals surface area contributed by atoms with Crippen LogP contribution in [-0.4, -0.2) is 4.92 Å².